The normalized spacial score (nSPS) is 10.3. The van der Waals surface area contributed by atoms with Crippen LogP contribution in [0.2, 0.25) is 0 Å². The third-order valence-electron chi connectivity index (χ3n) is 3.10. The van der Waals surface area contributed by atoms with Crippen LogP contribution in [0.5, 0.6) is 0 Å². The Morgan fingerprint density at radius 1 is 1.19 bits per heavy atom. The van der Waals surface area contributed by atoms with E-state index >= 15 is 0 Å². The number of halogens is 2. The van der Waals surface area contributed by atoms with Crippen molar-refractivity contribution in [3.63, 3.8) is 0 Å². The van der Waals surface area contributed by atoms with E-state index in [1.807, 2.05) is 6.92 Å². The van der Waals surface area contributed by atoms with Crippen molar-refractivity contribution in [3.8, 4) is 0 Å². The Hall–Kier alpha value is -2.47. The van der Waals surface area contributed by atoms with Crippen LogP contribution in [0.1, 0.15) is 21.5 Å². The molecule has 21 heavy (non-hydrogen) atoms. The van der Waals surface area contributed by atoms with Gasteiger partial charge in [0.05, 0.1) is 5.69 Å². The SMILES string of the molecule is Cc1cc(C(=O)NCc2ccc(F)cc2F)ccc1NN. The molecular formula is C15H15F2N3O. The minimum absolute atomic E-state index is 0.0130. The van der Waals surface area contributed by atoms with Crippen molar-refractivity contribution < 1.29 is 13.6 Å². The van der Waals surface area contributed by atoms with E-state index in [9.17, 15) is 13.6 Å². The lowest BCUT2D eigenvalue weighted by Gasteiger charge is -2.09. The van der Waals surface area contributed by atoms with Gasteiger partial charge < -0.3 is 10.7 Å². The summed E-state index contributed by atoms with van der Waals surface area (Å²) >= 11 is 0. The zero-order valence-corrected chi connectivity index (χ0v) is 11.4. The van der Waals surface area contributed by atoms with E-state index in [1.165, 1.54) is 6.07 Å². The van der Waals surface area contributed by atoms with Crippen LogP contribution in [-0.2, 0) is 6.54 Å². The average molecular weight is 291 g/mol. The predicted octanol–water partition coefficient (Wildman–Crippen LogP) is 2.49. The molecule has 0 saturated carbocycles. The van der Waals surface area contributed by atoms with E-state index in [4.69, 9.17) is 5.84 Å². The molecule has 0 aromatic heterocycles. The number of carbonyl (C=O) groups is 1. The number of hydrogen-bond acceptors (Lipinski definition) is 3. The molecule has 0 saturated heterocycles. The van der Waals surface area contributed by atoms with Gasteiger partial charge in [-0.05, 0) is 36.8 Å². The summed E-state index contributed by atoms with van der Waals surface area (Å²) in [5, 5.41) is 2.59. The maximum Gasteiger partial charge on any atom is 0.251 e. The monoisotopic (exact) mass is 291 g/mol. The standard InChI is InChI=1S/C15H15F2N3O/c1-9-6-10(3-5-14(9)20-18)15(21)19-8-11-2-4-12(16)7-13(11)17/h2-7,20H,8,18H2,1H3,(H,19,21). The van der Waals surface area contributed by atoms with Gasteiger partial charge in [-0.25, -0.2) is 8.78 Å². The number of nitrogen functional groups attached to an aromatic ring is 1. The summed E-state index contributed by atoms with van der Waals surface area (Å²) in [6.45, 7) is 1.80. The van der Waals surface area contributed by atoms with Crippen molar-refractivity contribution in [2.75, 3.05) is 5.43 Å². The van der Waals surface area contributed by atoms with Gasteiger partial charge in [0.2, 0.25) is 0 Å². The highest BCUT2D eigenvalue weighted by Crippen LogP contribution is 2.15. The Morgan fingerprint density at radius 3 is 2.57 bits per heavy atom. The second-order valence-corrected chi connectivity index (χ2v) is 4.59. The van der Waals surface area contributed by atoms with E-state index in [0.29, 0.717) is 5.56 Å². The summed E-state index contributed by atoms with van der Waals surface area (Å²) in [6, 6.07) is 8.20. The van der Waals surface area contributed by atoms with Gasteiger partial charge in [-0.1, -0.05) is 6.07 Å². The number of carbonyl (C=O) groups excluding carboxylic acids is 1. The molecule has 2 rings (SSSR count). The Balaban J connectivity index is 2.06. The Kier molecular flexibility index (Phi) is 4.49. The van der Waals surface area contributed by atoms with Crippen LogP contribution in [0.15, 0.2) is 36.4 Å². The zero-order valence-electron chi connectivity index (χ0n) is 11.4. The number of aryl methyl sites for hydroxylation is 1. The summed E-state index contributed by atoms with van der Waals surface area (Å²) in [5.41, 5.74) is 4.71. The summed E-state index contributed by atoms with van der Waals surface area (Å²) in [6.07, 6.45) is 0. The molecule has 1 amide bonds. The van der Waals surface area contributed by atoms with E-state index in [2.05, 4.69) is 10.7 Å². The van der Waals surface area contributed by atoms with Crippen LogP contribution in [0.25, 0.3) is 0 Å². The number of benzene rings is 2. The molecule has 0 fully saturated rings. The predicted molar refractivity (Wildman–Crippen MR) is 76.5 cm³/mol. The quantitative estimate of drug-likeness (QED) is 0.599. The van der Waals surface area contributed by atoms with E-state index in [1.54, 1.807) is 18.2 Å². The van der Waals surface area contributed by atoms with Crippen molar-refractivity contribution in [2.24, 2.45) is 5.84 Å². The zero-order chi connectivity index (χ0) is 15.4. The van der Waals surface area contributed by atoms with Crippen LogP contribution in [0, 0.1) is 18.6 Å². The lowest BCUT2D eigenvalue weighted by molar-refractivity contribution is 0.0950. The lowest BCUT2D eigenvalue weighted by atomic mass is 10.1. The van der Waals surface area contributed by atoms with Crippen molar-refractivity contribution >= 4 is 11.6 Å². The van der Waals surface area contributed by atoms with Crippen LogP contribution >= 0.6 is 0 Å². The number of hydrazine groups is 1. The van der Waals surface area contributed by atoms with Crippen LogP contribution in [-0.4, -0.2) is 5.91 Å². The van der Waals surface area contributed by atoms with Gasteiger partial charge in [0.1, 0.15) is 11.6 Å². The fraction of sp³-hybridized carbons (Fsp3) is 0.133. The van der Waals surface area contributed by atoms with Crippen molar-refractivity contribution in [2.45, 2.75) is 13.5 Å². The van der Waals surface area contributed by atoms with Gasteiger partial charge in [0, 0.05) is 23.7 Å². The largest absolute Gasteiger partial charge is 0.348 e. The summed E-state index contributed by atoms with van der Waals surface area (Å²) in [7, 11) is 0. The van der Waals surface area contributed by atoms with Gasteiger partial charge in [-0.2, -0.15) is 0 Å². The van der Waals surface area contributed by atoms with Gasteiger partial charge in [-0.3, -0.25) is 10.6 Å². The maximum absolute atomic E-state index is 13.5. The number of amides is 1. The number of rotatable bonds is 4. The topological polar surface area (TPSA) is 67.2 Å². The van der Waals surface area contributed by atoms with Crippen LogP contribution in [0.4, 0.5) is 14.5 Å². The lowest BCUT2D eigenvalue weighted by Crippen LogP contribution is -2.23. The second-order valence-electron chi connectivity index (χ2n) is 4.59. The summed E-state index contributed by atoms with van der Waals surface area (Å²) in [4.78, 5) is 12.0. The maximum atomic E-state index is 13.5. The molecule has 2 aromatic rings. The Morgan fingerprint density at radius 2 is 1.95 bits per heavy atom. The van der Waals surface area contributed by atoms with E-state index < -0.39 is 11.6 Å². The van der Waals surface area contributed by atoms with Gasteiger partial charge in [-0.15, -0.1) is 0 Å². The highest BCUT2D eigenvalue weighted by Gasteiger charge is 2.09. The van der Waals surface area contributed by atoms with Crippen molar-refractivity contribution in [1.29, 1.82) is 0 Å². The van der Waals surface area contributed by atoms with Crippen molar-refractivity contribution in [3.05, 3.63) is 64.7 Å². The number of nitrogens with two attached hydrogens (primary N) is 1. The molecular weight excluding hydrogens is 276 g/mol. The first-order valence-electron chi connectivity index (χ1n) is 6.30. The minimum atomic E-state index is -0.686. The first kappa shape index (κ1) is 14.9. The molecule has 0 bridgehead atoms. The highest BCUT2D eigenvalue weighted by molar-refractivity contribution is 5.94. The summed E-state index contributed by atoms with van der Waals surface area (Å²) in [5.74, 6) is 3.64. The molecule has 6 heteroatoms. The fourth-order valence-electron chi connectivity index (χ4n) is 1.91. The third kappa shape index (κ3) is 3.55. The minimum Gasteiger partial charge on any atom is -0.348 e. The van der Waals surface area contributed by atoms with Crippen LogP contribution in [0.3, 0.4) is 0 Å². The molecule has 2 aromatic carbocycles. The first-order chi connectivity index (χ1) is 10.0. The van der Waals surface area contributed by atoms with Crippen LogP contribution < -0.4 is 16.6 Å². The molecule has 0 aliphatic heterocycles. The average Bonchev–Trinajstić information content (AvgIpc) is 2.46. The molecule has 0 spiro atoms. The third-order valence-corrected chi connectivity index (χ3v) is 3.10. The Labute approximate surface area is 120 Å². The first-order valence-corrected chi connectivity index (χ1v) is 6.30. The molecule has 0 radical (unpaired) electrons. The van der Waals surface area contributed by atoms with Crippen molar-refractivity contribution in [1.82, 2.24) is 5.32 Å². The van der Waals surface area contributed by atoms with E-state index in [0.717, 1.165) is 23.4 Å². The van der Waals surface area contributed by atoms with Gasteiger partial charge in [0.15, 0.2) is 0 Å². The highest BCUT2D eigenvalue weighted by atomic mass is 19.1. The molecule has 110 valence electrons. The molecule has 4 nitrogen and oxygen atoms in total. The fourth-order valence-corrected chi connectivity index (χ4v) is 1.91. The Bertz CT molecular complexity index is 674. The molecule has 0 aliphatic rings. The molecule has 0 unspecified atom stereocenters. The van der Waals surface area contributed by atoms with E-state index in [-0.39, 0.29) is 18.0 Å². The smallest absolute Gasteiger partial charge is 0.251 e. The molecule has 4 N–H and O–H groups in total. The summed E-state index contributed by atoms with van der Waals surface area (Å²) < 4.78 is 26.2. The molecule has 0 aliphatic carbocycles. The molecule has 0 heterocycles. The van der Waals surface area contributed by atoms with Gasteiger partial charge in [0.25, 0.3) is 5.91 Å². The van der Waals surface area contributed by atoms with Gasteiger partial charge >= 0.3 is 0 Å². The number of hydrogen-bond donors (Lipinski definition) is 3. The molecule has 0 atom stereocenters. The number of anilines is 1. The second kappa shape index (κ2) is 6.32. The number of nitrogens with one attached hydrogen (secondary N) is 2.